The maximum absolute atomic E-state index is 12.2. The van der Waals surface area contributed by atoms with Gasteiger partial charge in [-0.15, -0.1) is 0 Å². The SMILES string of the molecule is CSCC[C@H](NC(=O)[C@@H](N)CC(=O)O)C(=O)N[C@@H](CC(N)=O)C(=O)O. The number of carbonyl (C=O) groups excluding carboxylic acids is 3. The van der Waals surface area contributed by atoms with Crippen molar-refractivity contribution in [3.05, 3.63) is 0 Å². The van der Waals surface area contributed by atoms with E-state index in [1.807, 2.05) is 0 Å². The Balaban J connectivity index is 5.01. The molecule has 0 aromatic heterocycles. The van der Waals surface area contributed by atoms with Crippen LogP contribution in [-0.4, -0.2) is 70.0 Å². The minimum absolute atomic E-state index is 0.154. The van der Waals surface area contributed by atoms with Gasteiger partial charge in [-0.3, -0.25) is 19.2 Å². The molecule has 12 heteroatoms. The van der Waals surface area contributed by atoms with E-state index in [0.717, 1.165) is 0 Å². The molecule has 0 spiro atoms. The third-order valence-electron chi connectivity index (χ3n) is 2.99. The lowest BCUT2D eigenvalue weighted by Crippen LogP contribution is -2.55. The molecular weight excluding hydrogens is 356 g/mol. The van der Waals surface area contributed by atoms with Crippen LogP contribution in [0.4, 0.5) is 0 Å². The van der Waals surface area contributed by atoms with Gasteiger partial charge in [-0.05, 0) is 18.4 Å². The molecular formula is C13H22N4O7S. The molecule has 0 radical (unpaired) electrons. The minimum Gasteiger partial charge on any atom is -0.481 e. The number of rotatable bonds is 12. The van der Waals surface area contributed by atoms with E-state index in [4.69, 9.17) is 21.7 Å². The number of carboxylic acids is 2. The smallest absolute Gasteiger partial charge is 0.326 e. The Hall–Kier alpha value is -2.34. The molecule has 0 saturated carbocycles. The Kier molecular flexibility index (Phi) is 10.2. The summed E-state index contributed by atoms with van der Waals surface area (Å²) < 4.78 is 0. The lowest BCUT2D eigenvalue weighted by atomic mass is 10.1. The van der Waals surface area contributed by atoms with E-state index in [1.54, 1.807) is 6.26 Å². The molecule has 0 aromatic carbocycles. The van der Waals surface area contributed by atoms with Gasteiger partial charge < -0.3 is 32.3 Å². The molecule has 11 nitrogen and oxygen atoms in total. The van der Waals surface area contributed by atoms with E-state index in [1.165, 1.54) is 11.8 Å². The molecule has 0 fully saturated rings. The Bertz CT molecular complexity index is 529. The second kappa shape index (κ2) is 11.3. The van der Waals surface area contributed by atoms with E-state index in [2.05, 4.69) is 10.6 Å². The van der Waals surface area contributed by atoms with Gasteiger partial charge in [-0.1, -0.05) is 0 Å². The molecule has 0 heterocycles. The summed E-state index contributed by atoms with van der Waals surface area (Å²) in [6.45, 7) is 0. The summed E-state index contributed by atoms with van der Waals surface area (Å²) in [5, 5.41) is 22.0. The van der Waals surface area contributed by atoms with Gasteiger partial charge in [0.15, 0.2) is 0 Å². The average Bonchev–Trinajstić information content (AvgIpc) is 2.48. The quantitative estimate of drug-likeness (QED) is 0.212. The topological polar surface area (TPSA) is 202 Å². The van der Waals surface area contributed by atoms with E-state index < -0.39 is 60.6 Å². The van der Waals surface area contributed by atoms with Crippen LogP contribution in [0.25, 0.3) is 0 Å². The standard InChI is InChI=1S/C13H22N4O7S/c1-25-3-2-7(16-11(21)6(14)4-10(19)20)12(22)17-8(13(23)24)5-9(15)18/h6-8H,2-5,14H2,1H3,(H2,15,18)(H,16,21)(H,17,22)(H,19,20)(H,23,24)/t6-,7-,8-/m0/s1. The highest BCUT2D eigenvalue weighted by Crippen LogP contribution is 2.04. The molecule has 0 rings (SSSR count). The fraction of sp³-hybridized carbons (Fsp3) is 0.615. The second-order valence-electron chi connectivity index (χ2n) is 5.12. The minimum atomic E-state index is -1.54. The van der Waals surface area contributed by atoms with Crippen LogP contribution >= 0.6 is 11.8 Å². The van der Waals surface area contributed by atoms with Gasteiger partial charge in [-0.2, -0.15) is 11.8 Å². The monoisotopic (exact) mass is 378 g/mol. The highest BCUT2D eigenvalue weighted by atomic mass is 32.2. The molecule has 0 aliphatic heterocycles. The number of hydrogen-bond acceptors (Lipinski definition) is 7. The Morgan fingerprint density at radius 1 is 1.00 bits per heavy atom. The first-order valence-electron chi connectivity index (χ1n) is 7.16. The summed E-state index contributed by atoms with van der Waals surface area (Å²) in [4.78, 5) is 56.6. The lowest BCUT2D eigenvalue weighted by Gasteiger charge is -2.22. The van der Waals surface area contributed by atoms with Gasteiger partial charge in [-0.25, -0.2) is 4.79 Å². The van der Waals surface area contributed by atoms with Gasteiger partial charge in [0.25, 0.3) is 0 Å². The molecule has 3 amide bonds. The van der Waals surface area contributed by atoms with Gasteiger partial charge in [0.05, 0.1) is 18.9 Å². The van der Waals surface area contributed by atoms with Crippen LogP contribution in [0.3, 0.4) is 0 Å². The van der Waals surface area contributed by atoms with Crippen LogP contribution in [0.1, 0.15) is 19.3 Å². The molecule has 25 heavy (non-hydrogen) atoms. The second-order valence-corrected chi connectivity index (χ2v) is 6.10. The van der Waals surface area contributed by atoms with Crippen LogP contribution in [0.2, 0.25) is 0 Å². The third-order valence-corrected chi connectivity index (χ3v) is 3.64. The Morgan fingerprint density at radius 2 is 1.56 bits per heavy atom. The van der Waals surface area contributed by atoms with Gasteiger partial charge in [0.2, 0.25) is 17.7 Å². The zero-order valence-corrected chi connectivity index (χ0v) is 14.4. The first-order chi connectivity index (χ1) is 11.6. The fourth-order valence-corrected chi connectivity index (χ4v) is 2.21. The van der Waals surface area contributed by atoms with Crippen LogP contribution in [0.15, 0.2) is 0 Å². The first-order valence-corrected chi connectivity index (χ1v) is 8.56. The predicted octanol–water partition coefficient (Wildman–Crippen LogP) is -2.53. The van der Waals surface area contributed by atoms with Gasteiger partial charge in [0.1, 0.15) is 12.1 Å². The fourth-order valence-electron chi connectivity index (χ4n) is 1.74. The molecule has 142 valence electrons. The molecule has 8 N–H and O–H groups in total. The van der Waals surface area contributed by atoms with E-state index in [0.29, 0.717) is 5.75 Å². The van der Waals surface area contributed by atoms with Gasteiger partial charge >= 0.3 is 11.9 Å². The highest BCUT2D eigenvalue weighted by molar-refractivity contribution is 7.98. The predicted molar refractivity (Wildman–Crippen MR) is 88.5 cm³/mol. The maximum Gasteiger partial charge on any atom is 0.326 e. The number of nitrogens with two attached hydrogens (primary N) is 2. The van der Waals surface area contributed by atoms with Crippen molar-refractivity contribution < 1.29 is 34.2 Å². The molecule has 0 unspecified atom stereocenters. The molecule has 3 atom stereocenters. The van der Waals surface area contributed by atoms with Crippen molar-refractivity contribution >= 4 is 41.4 Å². The number of carboxylic acid groups (broad SMARTS) is 2. The normalized spacial score (nSPS) is 14.0. The number of thioether (sulfide) groups is 1. The van der Waals surface area contributed by atoms with Crippen molar-refractivity contribution in [2.75, 3.05) is 12.0 Å². The molecule has 0 bridgehead atoms. The maximum atomic E-state index is 12.2. The van der Waals surface area contributed by atoms with Crippen molar-refractivity contribution in [3.8, 4) is 0 Å². The number of hydrogen-bond donors (Lipinski definition) is 6. The van der Waals surface area contributed by atoms with Crippen molar-refractivity contribution in [1.82, 2.24) is 10.6 Å². The molecule has 0 aliphatic rings. The first kappa shape index (κ1) is 22.7. The zero-order valence-electron chi connectivity index (χ0n) is 13.6. The Labute approximate surface area is 147 Å². The van der Waals surface area contributed by atoms with Crippen LogP contribution in [0, 0.1) is 0 Å². The largest absolute Gasteiger partial charge is 0.481 e. The number of nitrogens with one attached hydrogen (secondary N) is 2. The summed E-state index contributed by atoms with van der Waals surface area (Å²) in [6, 6.07) is -4.02. The number of carbonyl (C=O) groups is 5. The summed E-state index contributed by atoms with van der Waals surface area (Å²) in [6.07, 6.45) is 0.687. The highest BCUT2D eigenvalue weighted by Gasteiger charge is 2.29. The van der Waals surface area contributed by atoms with Gasteiger partial charge in [0, 0.05) is 0 Å². The van der Waals surface area contributed by atoms with E-state index >= 15 is 0 Å². The number of aliphatic carboxylic acids is 2. The molecule has 0 saturated heterocycles. The van der Waals surface area contributed by atoms with Crippen LogP contribution in [0.5, 0.6) is 0 Å². The third kappa shape index (κ3) is 9.52. The van der Waals surface area contributed by atoms with E-state index in [9.17, 15) is 24.0 Å². The van der Waals surface area contributed by atoms with Crippen molar-refractivity contribution in [2.45, 2.75) is 37.4 Å². The number of primary amides is 1. The summed E-state index contributed by atoms with van der Waals surface area (Å²) in [7, 11) is 0. The molecule has 0 aromatic rings. The zero-order chi connectivity index (χ0) is 19.6. The average molecular weight is 378 g/mol. The van der Waals surface area contributed by atoms with Crippen molar-refractivity contribution in [1.29, 1.82) is 0 Å². The lowest BCUT2D eigenvalue weighted by molar-refractivity contribution is -0.144. The Morgan fingerprint density at radius 3 is 2.00 bits per heavy atom. The summed E-state index contributed by atoms with van der Waals surface area (Å²) in [5.41, 5.74) is 10.4. The number of amides is 3. The summed E-state index contributed by atoms with van der Waals surface area (Å²) in [5.74, 6) is -4.88. The molecule has 0 aliphatic carbocycles. The van der Waals surface area contributed by atoms with Crippen LogP contribution in [-0.2, 0) is 24.0 Å². The van der Waals surface area contributed by atoms with Crippen molar-refractivity contribution in [2.24, 2.45) is 11.5 Å². The summed E-state index contributed by atoms with van der Waals surface area (Å²) >= 11 is 1.38. The van der Waals surface area contributed by atoms with E-state index in [-0.39, 0.29) is 6.42 Å². The van der Waals surface area contributed by atoms with Crippen molar-refractivity contribution in [3.63, 3.8) is 0 Å². The van der Waals surface area contributed by atoms with Crippen LogP contribution < -0.4 is 22.1 Å².